The van der Waals surface area contributed by atoms with Crippen LogP contribution >= 0.6 is 22.9 Å². The lowest BCUT2D eigenvalue weighted by atomic mass is 10.0. The van der Waals surface area contributed by atoms with Crippen LogP contribution in [0.4, 0.5) is 5.82 Å². The highest BCUT2D eigenvalue weighted by atomic mass is 35.5. The molecule has 1 aliphatic rings. The number of rotatable bonds is 10. The van der Waals surface area contributed by atoms with E-state index in [2.05, 4.69) is 15.3 Å². The van der Waals surface area contributed by atoms with Gasteiger partial charge in [-0.2, -0.15) is 8.42 Å². The third-order valence-electron chi connectivity index (χ3n) is 5.87. The lowest BCUT2D eigenvalue weighted by Gasteiger charge is -2.15. The van der Waals surface area contributed by atoms with E-state index in [-0.39, 0.29) is 24.3 Å². The number of aliphatic hydroxyl groups is 1. The van der Waals surface area contributed by atoms with Crippen molar-refractivity contribution in [3.8, 4) is 0 Å². The largest absolute Gasteiger partial charge is 0.388 e. The summed E-state index contributed by atoms with van der Waals surface area (Å²) in [5, 5.41) is 18.9. The molecule has 0 amide bonds. The molecule has 1 saturated carbocycles. The third-order valence-corrected chi connectivity index (χ3v) is 7.73. The van der Waals surface area contributed by atoms with E-state index in [1.807, 2.05) is 30.3 Å². The highest BCUT2D eigenvalue weighted by Crippen LogP contribution is 2.36. The molecule has 0 aliphatic heterocycles. The number of carbonyl (C=O) groups is 1. The molecule has 0 radical (unpaired) electrons. The number of carbonyl (C=O) groups excluding carboxylic acids is 1. The molecule has 1 unspecified atom stereocenters. The van der Waals surface area contributed by atoms with Crippen molar-refractivity contribution in [2.45, 2.75) is 37.8 Å². The summed E-state index contributed by atoms with van der Waals surface area (Å²) in [6.07, 6.45) is 4.50. The monoisotopic (exact) mass is 536 g/mol. The zero-order valence-corrected chi connectivity index (χ0v) is 21.0. The van der Waals surface area contributed by atoms with E-state index in [4.69, 9.17) is 20.9 Å². The molecule has 1 aromatic carbocycles. The maximum Gasteiger partial charge on any atom is 0.333 e. The normalized spacial score (nSPS) is 18.9. The zero-order chi connectivity index (χ0) is 25.0. The first-order valence-electron chi connectivity index (χ1n) is 11.0. The van der Waals surface area contributed by atoms with Crippen molar-refractivity contribution in [1.82, 2.24) is 9.97 Å². The maximum absolute atomic E-state index is 13.3. The lowest BCUT2D eigenvalue weighted by molar-refractivity contribution is 0.104. The van der Waals surface area contributed by atoms with Gasteiger partial charge in [0.2, 0.25) is 5.78 Å². The topological polar surface area (TPSA) is 144 Å². The summed E-state index contributed by atoms with van der Waals surface area (Å²) in [6, 6.07) is 11.1. The standard InChI is InChI=1S/C23H25ClN4O5S2/c24-22-17(19(29)9-14-4-2-1-3-5-14)10-20(34-22)21(30)18-11-26-13-27-23(18)28-16-7-6-15(8-16)12-33-35(25,31)32/h1-5,10-11,13,15-16,19,29H,6-9,12H2,(H2,25,31,32)(H,26,27,28)/t15-,16+,19?/m1/s1. The van der Waals surface area contributed by atoms with Crippen LogP contribution in [-0.4, -0.2) is 41.9 Å². The molecule has 0 bridgehead atoms. The summed E-state index contributed by atoms with van der Waals surface area (Å²) in [5.41, 5.74) is 1.75. The average Bonchev–Trinajstić information content (AvgIpc) is 3.44. The number of anilines is 1. The predicted molar refractivity (Wildman–Crippen MR) is 134 cm³/mol. The molecule has 3 aromatic rings. The van der Waals surface area contributed by atoms with Crippen molar-refractivity contribution in [1.29, 1.82) is 0 Å². The van der Waals surface area contributed by atoms with E-state index >= 15 is 0 Å². The number of hydrogen-bond donors (Lipinski definition) is 3. The second-order valence-electron chi connectivity index (χ2n) is 8.46. The van der Waals surface area contributed by atoms with E-state index in [0.717, 1.165) is 29.7 Å². The number of nitrogens with one attached hydrogen (secondary N) is 1. The van der Waals surface area contributed by atoms with Gasteiger partial charge < -0.3 is 10.4 Å². The van der Waals surface area contributed by atoms with Crippen LogP contribution in [0.2, 0.25) is 4.34 Å². The number of nitrogens with zero attached hydrogens (tertiary/aromatic N) is 2. The molecular weight excluding hydrogens is 512 g/mol. The Morgan fingerprint density at radius 3 is 2.83 bits per heavy atom. The number of thiophene rings is 1. The summed E-state index contributed by atoms with van der Waals surface area (Å²) >= 11 is 7.49. The minimum absolute atomic E-state index is 0.0132. The Balaban J connectivity index is 1.45. The van der Waals surface area contributed by atoms with Crippen LogP contribution in [0.15, 0.2) is 48.9 Å². The molecule has 2 heterocycles. The summed E-state index contributed by atoms with van der Waals surface area (Å²) < 4.78 is 27.1. The van der Waals surface area contributed by atoms with Crippen LogP contribution in [0.25, 0.3) is 0 Å². The van der Waals surface area contributed by atoms with Gasteiger partial charge in [-0.05, 0) is 36.8 Å². The Hall–Kier alpha value is -2.41. The number of aliphatic hydroxyl groups excluding tert-OH is 1. The molecule has 186 valence electrons. The van der Waals surface area contributed by atoms with Crippen molar-refractivity contribution in [3.63, 3.8) is 0 Å². The third kappa shape index (κ3) is 6.84. The SMILES string of the molecule is NS(=O)(=O)OC[C@@H]1CC[C@H](Nc2ncncc2C(=O)c2cc(C(O)Cc3ccccc3)c(Cl)s2)C1. The average molecular weight is 537 g/mol. The second kappa shape index (κ2) is 11.1. The summed E-state index contributed by atoms with van der Waals surface area (Å²) in [7, 11) is -3.98. The molecule has 0 saturated heterocycles. The second-order valence-corrected chi connectivity index (χ2v) is 11.3. The first kappa shape index (κ1) is 25.7. The maximum atomic E-state index is 13.3. The molecule has 35 heavy (non-hydrogen) atoms. The molecule has 1 fully saturated rings. The molecule has 4 rings (SSSR count). The Kier molecular flexibility index (Phi) is 8.15. The van der Waals surface area contributed by atoms with Gasteiger partial charge in [-0.25, -0.2) is 15.1 Å². The van der Waals surface area contributed by atoms with E-state index in [1.54, 1.807) is 6.07 Å². The number of ketones is 1. The van der Waals surface area contributed by atoms with Crippen LogP contribution in [0.3, 0.4) is 0 Å². The summed E-state index contributed by atoms with van der Waals surface area (Å²) in [5.74, 6) is 0.112. The first-order chi connectivity index (χ1) is 16.7. The highest BCUT2D eigenvalue weighted by molar-refractivity contribution is 7.84. The number of aromatic nitrogens is 2. The summed E-state index contributed by atoms with van der Waals surface area (Å²) in [4.78, 5) is 21.9. The van der Waals surface area contributed by atoms with Gasteiger partial charge in [-0.15, -0.1) is 11.3 Å². The fourth-order valence-corrected chi connectivity index (χ4v) is 5.86. The van der Waals surface area contributed by atoms with Gasteiger partial charge >= 0.3 is 10.3 Å². The molecule has 3 atom stereocenters. The zero-order valence-electron chi connectivity index (χ0n) is 18.6. The number of halogens is 1. The number of benzene rings is 1. The van der Waals surface area contributed by atoms with E-state index in [0.29, 0.717) is 39.0 Å². The molecule has 12 heteroatoms. The van der Waals surface area contributed by atoms with Crippen molar-refractivity contribution in [2.24, 2.45) is 11.1 Å². The molecule has 1 aliphatic carbocycles. The van der Waals surface area contributed by atoms with Gasteiger partial charge in [0.25, 0.3) is 0 Å². The van der Waals surface area contributed by atoms with Crippen LogP contribution in [-0.2, 0) is 20.9 Å². The Morgan fingerprint density at radius 1 is 1.31 bits per heavy atom. The van der Waals surface area contributed by atoms with Gasteiger partial charge in [-0.3, -0.25) is 8.98 Å². The quantitative estimate of drug-likeness (QED) is 0.334. The Labute approximate surface area is 212 Å². The predicted octanol–water partition coefficient (Wildman–Crippen LogP) is 3.50. The van der Waals surface area contributed by atoms with Gasteiger partial charge in [0.05, 0.1) is 27.5 Å². The molecule has 0 spiro atoms. The number of hydrogen-bond acceptors (Lipinski definition) is 9. The Morgan fingerprint density at radius 2 is 2.09 bits per heavy atom. The van der Waals surface area contributed by atoms with Crippen LogP contribution in [0.5, 0.6) is 0 Å². The number of nitrogens with two attached hydrogens (primary N) is 1. The lowest BCUT2D eigenvalue weighted by Crippen LogP contribution is -2.22. The van der Waals surface area contributed by atoms with Gasteiger partial charge in [0.1, 0.15) is 12.1 Å². The minimum Gasteiger partial charge on any atom is -0.388 e. The van der Waals surface area contributed by atoms with Crippen molar-refractivity contribution >= 4 is 44.8 Å². The van der Waals surface area contributed by atoms with Crippen molar-refractivity contribution in [2.75, 3.05) is 11.9 Å². The van der Waals surface area contributed by atoms with Crippen LogP contribution < -0.4 is 10.5 Å². The molecule has 4 N–H and O–H groups in total. The smallest absolute Gasteiger partial charge is 0.333 e. The first-order valence-corrected chi connectivity index (χ1v) is 13.7. The van der Waals surface area contributed by atoms with Crippen LogP contribution in [0, 0.1) is 5.92 Å². The van der Waals surface area contributed by atoms with Crippen LogP contribution in [0.1, 0.15) is 51.7 Å². The fourth-order valence-electron chi connectivity index (χ4n) is 4.15. The fraction of sp³-hybridized carbons (Fsp3) is 0.348. The molecular formula is C23H25ClN4O5S2. The summed E-state index contributed by atoms with van der Waals surface area (Å²) in [6.45, 7) is 0.0222. The van der Waals surface area contributed by atoms with Crippen molar-refractivity contribution < 1.29 is 22.5 Å². The Bertz CT molecular complexity index is 1290. The van der Waals surface area contributed by atoms with E-state index < -0.39 is 16.4 Å². The van der Waals surface area contributed by atoms with Gasteiger partial charge in [-0.1, -0.05) is 41.9 Å². The highest BCUT2D eigenvalue weighted by Gasteiger charge is 2.28. The van der Waals surface area contributed by atoms with Gasteiger partial charge in [0.15, 0.2) is 0 Å². The van der Waals surface area contributed by atoms with E-state index in [1.165, 1.54) is 12.5 Å². The van der Waals surface area contributed by atoms with Crippen molar-refractivity contribution in [3.05, 3.63) is 74.8 Å². The van der Waals surface area contributed by atoms with E-state index in [9.17, 15) is 18.3 Å². The minimum atomic E-state index is -3.98. The van der Waals surface area contributed by atoms with Gasteiger partial charge in [0, 0.05) is 24.2 Å². The molecule has 2 aromatic heterocycles. The molecule has 9 nitrogen and oxygen atoms in total.